The van der Waals surface area contributed by atoms with Gasteiger partial charge in [0.25, 0.3) is 5.91 Å². The molecule has 0 spiro atoms. The molecule has 0 bridgehead atoms. The number of pyridine rings is 1. The van der Waals surface area contributed by atoms with Gasteiger partial charge in [-0.15, -0.1) is 0 Å². The number of rotatable bonds is 9. The van der Waals surface area contributed by atoms with Crippen LogP contribution in [0.4, 0.5) is 17.5 Å². The van der Waals surface area contributed by atoms with E-state index in [0.717, 1.165) is 28.1 Å². The van der Waals surface area contributed by atoms with Gasteiger partial charge in [0.05, 0.1) is 12.3 Å². The molecule has 0 aliphatic heterocycles. The second kappa shape index (κ2) is 11.2. The number of anilines is 3. The van der Waals surface area contributed by atoms with Gasteiger partial charge < -0.3 is 20.7 Å². The van der Waals surface area contributed by atoms with E-state index in [1.807, 2.05) is 72.8 Å². The number of nitrogens with two attached hydrogens (primary N) is 1. The molecular formula is C27H28N6O2. The number of hydrogen-bond donors (Lipinski definition) is 2. The zero-order valence-corrected chi connectivity index (χ0v) is 19.8. The predicted molar refractivity (Wildman–Crippen MR) is 137 cm³/mol. The Balaban J connectivity index is 1.43. The maximum atomic E-state index is 12.6. The van der Waals surface area contributed by atoms with Gasteiger partial charge >= 0.3 is 0 Å². The smallest absolute Gasteiger partial charge is 0.272 e. The van der Waals surface area contributed by atoms with Crippen LogP contribution in [0.1, 0.15) is 21.6 Å². The highest BCUT2D eigenvalue weighted by Gasteiger charge is 2.13. The molecule has 0 radical (unpaired) electrons. The molecule has 4 rings (SSSR count). The zero-order valence-electron chi connectivity index (χ0n) is 19.8. The molecule has 1 amide bonds. The Kier molecular flexibility index (Phi) is 7.64. The summed E-state index contributed by atoms with van der Waals surface area (Å²) in [5, 5.41) is 3.30. The lowest BCUT2D eigenvalue weighted by molar-refractivity contribution is 0.0738. The molecule has 0 saturated heterocycles. The second-order valence-electron chi connectivity index (χ2n) is 8.13. The van der Waals surface area contributed by atoms with Crippen molar-refractivity contribution in [2.75, 3.05) is 38.4 Å². The lowest BCUT2D eigenvalue weighted by atomic mass is 10.0. The first-order valence-electron chi connectivity index (χ1n) is 11.3. The number of nitrogens with zero attached hydrogens (tertiary/aromatic N) is 4. The van der Waals surface area contributed by atoms with Crippen LogP contribution in [0, 0.1) is 0 Å². The third-order valence-corrected chi connectivity index (χ3v) is 5.47. The van der Waals surface area contributed by atoms with E-state index >= 15 is 0 Å². The van der Waals surface area contributed by atoms with E-state index in [-0.39, 0.29) is 11.9 Å². The molecule has 0 fully saturated rings. The summed E-state index contributed by atoms with van der Waals surface area (Å²) in [5.41, 5.74) is 11.1. The molecule has 2 aromatic heterocycles. The average molecular weight is 469 g/mol. The summed E-state index contributed by atoms with van der Waals surface area (Å²) < 4.78 is 5.05. The Morgan fingerprint density at radius 3 is 2.51 bits per heavy atom. The summed E-state index contributed by atoms with van der Waals surface area (Å²) in [6, 6.07) is 23.5. The van der Waals surface area contributed by atoms with E-state index in [4.69, 9.17) is 10.5 Å². The molecule has 8 nitrogen and oxygen atoms in total. The van der Waals surface area contributed by atoms with Gasteiger partial charge in [0.15, 0.2) is 0 Å². The fourth-order valence-corrected chi connectivity index (χ4v) is 3.60. The molecule has 0 saturated carbocycles. The standard InChI is InChI=1S/C27H28N6O2/c1-33(14-15-35-2)26(34)24-17-20(12-13-29-24)16-19-8-10-22(11-9-19)30-25-18-23(31-27(28)32-25)21-6-4-3-5-7-21/h3-13,17-18H,14-16H2,1-2H3,(H3,28,30,31,32). The van der Waals surface area contributed by atoms with Crippen LogP contribution in [0.15, 0.2) is 79.0 Å². The van der Waals surface area contributed by atoms with Gasteiger partial charge in [-0.2, -0.15) is 4.98 Å². The normalized spacial score (nSPS) is 10.7. The van der Waals surface area contributed by atoms with Crippen LogP contribution in [0.5, 0.6) is 0 Å². The molecule has 0 unspecified atom stereocenters. The number of hydrogen-bond acceptors (Lipinski definition) is 7. The number of benzene rings is 2. The van der Waals surface area contributed by atoms with Crippen LogP contribution in [-0.4, -0.2) is 53.1 Å². The first-order valence-corrected chi connectivity index (χ1v) is 11.3. The predicted octanol–water partition coefficient (Wildman–Crippen LogP) is 4.17. The minimum absolute atomic E-state index is 0.123. The molecule has 178 valence electrons. The Labute approximate surface area is 204 Å². The van der Waals surface area contributed by atoms with Crippen LogP contribution >= 0.6 is 0 Å². The summed E-state index contributed by atoms with van der Waals surface area (Å²) >= 11 is 0. The number of methoxy groups -OCH3 is 1. The van der Waals surface area contributed by atoms with Crippen molar-refractivity contribution < 1.29 is 9.53 Å². The number of aromatic nitrogens is 3. The quantitative estimate of drug-likeness (QED) is 0.380. The molecule has 4 aromatic rings. The molecule has 35 heavy (non-hydrogen) atoms. The fourth-order valence-electron chi connectivity index (χ4n) is 3.60. The summed E-state index contributed by atoms with van der Waals surface area (Å²) in [4.78, 5) is 27.1. The number of nitrogens with one attached hydrogen (secondary N) is 1. The van der Waals surface area contributed by atoms with Crippen molar-refractivity contribution in [3.05, 3.63) is 95.8 Å². The Hall–Kier alpha value is -4.30. The average Bonchev–Trinajstić information content (AvgIpc) is 2.88. The van der Waals surface area contributed by atoms with Gasteiger partial charge in [-0.3, -0.25) is 9.78 Å². The van der Waals surface area contributed by atoms with Crippen LogP contribution in [-0.2, 0) is 11.2 Å². The minimum atomic E-state index is -0.123. The maximum Gasteiger partial charge on any atom is 0.272 e. The number of carbonyl (C=O) groups is 1. The molecule has 2 heterocycles. The molecule has 0 aliphatic carbocycles. The highest BCUT2D eigenvalue weighted by molar-refractivity contribution is 5.92. The lowest BCUT2D eigenvalue weighted by Gasteiger charge is -2.16. The van der Waals surface area contributed by atoms with Crippen LogP contribution in [0.3, 0.4) is 0 Å². The highest BCUT2D eigenvalue weighted by atomic mass is 16.5. The number of amides is 1. The van der Waals surface area contributed by atoms with Crippen molar-refractivity contribution in [1.82, 2.24) is 19.9 Å². The van der Waals surface area contributed by atoms with Crippen LogP contribution in [0.25, 0.3) is 11.3 Å². The molecule has 0 atom stereocenters. The molecule has 3 N–H and O–H groups in total. The van der Waals surface area contributed by atoms with Crippen molar-refractivity contribution in [3.63, 3.8) is 0 Å². The number of carbonyl (C=O) groups excluding carboxylic acids is 1. The molecule has 2 aromatic carbocycles. The highest BCUT2D eigenvalue weighted by Crippen LogP contribution is 2.23. The van der Waals surface area contributed by atoms with Gasteiger partial charge in [-0.05, 0) is 41.8 Å². The molecule has 0 aliphatic rings. The van der Waals surface area contributed by atoms with E-state index < -0.39 is 0 Å². The Morgan fingerprint density at radius 1 is 1.00 bits per heavy atom. The Bertz CT molecular complexity index is 1280. The third-order valence-electron chi connectivity index (χ3n) is 5.47. The van der Waals surface area contributed by atoms with E-state index in [0.29, 0.717) is 31.1 Å². The van der Waals surface area contributed by atoms with Crippen LogP contribution < -0.4 is 11.1 Å². The van der Waals surface area contributed by atoms with Crippen molar-refractivity contribution in [2.24, 2.45) is 0 Å². The largest absolute Gasteiger partial charge is 0.383 e. The molecule has 8 heteroatoms. The van der Waals surface area contributed by atoms with Crippen molar-refractivity contribution in [3.8, 4) is 11.3 Å². The monoisotopic (exact) mass is 468 g/mol. The minimum Gasteiger partial charge on any atom is -0.383 e. The summed E-state index contributed by atoms with van der Waals surface area (Å²) in [6.07, 6.45) is 2.36. The van der Waals surface area contributed by atoms with Gasteiger partial charge in [0, 0.05) is 44.2 Å². The van der Waals surface area contributed by atoms with E-state index in [9.17, 15) is 4.79 Å². The Morgan fingerprint density at radius 2 is 1.77 bits per heavy atom. The van der Waals surface area contributed by atoms with Gasteiger partial charge in [-0.25, -0.2) is 4.98 Å². The van der Waals surface area contributed by atoms with Gasteiger partial charge in [0.2, 0.25) is 5.95 Å². The zero-order chi connectivity index (χ0) is 24.6. The van der Waals surface area contributed by atoms with E-state index in [1.54, 1.807) is 25.3 Å². The second-order valence-corrected chi connectivity index (χ2v) is 8.13. The SMILES string of the molecule is COCCN(C)C(=O)c1cc(Cc2ccc(Nc3cc(-c4ccccc4)nc(N)n3)cc2)ccn1. The van der Waals surface area contributed by atoms with Crippen molar-refractivity contribution in [2.45, 2.75) is 6.42 Å². The lowest BCUT2D eigenvalue weighted by Crippen LogP contribution is -2.30. The van der Waals surface area contributed by atoms with Crippen LogP contribution in [0.2, 0.25) is 0 Å². The summed E-state index contributed by atoms with van der Waals surface area (Å²) in [5.74, 6) is 0.711. The topological polar surface area (TPSA) is 106 Å². The molecular weight excluding hydrogens is 440 g/mol. The van der Waals surface area contributed by atoms with E-state index in [2.05, 4.69) is 20.3 Å². The first kappa shape index (κ1) is 23.8. The fraction of sp³-hybridized carbons (Fsp3) is 0.185. The van der Waals surface area contributed by atoms with Gasteiger partial charge in [0.1, 0.15) is 11.5 Å². The summed E-state index contributed by atoms with van der Waals surface area (Å²) in [7, 11) is 3.36. The van der Waals surface area contributed by atoms with Crippen molar-refractivity contribution in [1.29, 1.82) is 0 Å². The van der Waals surface area contributed by atoms with Gasteiger partial charge in [-0.1, -0.05) is 42.5 Å². The van der Waals surface area contributed by atoms with E-state index in [1.165, 1.54) is 0 Å². The van der Waals surface area contributed by atoms with Crippen molar-refractivity contribution >= 4 is 23.4 Å². The first-order chi connectivity index (χ1) is 17.0. The number of nitrogen functional groups attached to an aromatic ring is 1. The number of ether oxygens (including phenoxy) is 1. The summed E-state index contributed by atoms with van der Waals surface area (Å²) in [6.45, 7) is 0.998. The third kappa shape index (κ3) is 6.39. The number of likely N-dealkylation sites (N-methyl/N-ethyl adjacent to an activating group) is 1. The maximum absolute atomic E-state index is 12.6.